The van der Waals surface area contributed by atoms with Gasteiger partial charge in [-0.15, -0.1) is 0 Å². The monoisotopic (exact) mass is 418 g/mol. The molecule has 0 atom stereocenters. The third kappa shape index (κ3) is 4.03. The number of carbonyl (C=O) groups excluding carboxylic acids is 1. The number of rotatable bonds is 2. The van der Waals surface area contributed by atoms with Crippen molar-refractivity contribution in [2.24, 2.45) is 5.16 Å². The smallest absolute Gasteiger partial charge is 0.211 e. The molecular weight excluding hydrogens is 403 g/mol. The normalized spacial score (nSPS) is 13.9. The Morgan fingerprint density at radius 3 is 2.39 bits per heavy atom. The largest absolute Gasteiger partial charge is 0.497 e. The van der Waals surface area contributed by atoms with Crippen LogP contribution in [-0.4, -0.2) is 35.9 Å². The number of hydrogen-bond donors (Lipinski definition) is 1. The Balaban J connectivity index is 0.000000161. The minimum absolute atomic E-state index is 0.188. The number of aromatic nitrogens is 1. The fraction of sp³-hybridized carbons (Fsp3) is 0.150. The summed E-state index contributed by atoms with van der Waals surface area (Å²) < 4.78 is 10.1. The molecule has 1 aromatic heterocycles. The molecule has 0 unspecified atom stereocenters. The van der Waals surface area contributed by atoms with Crippen molar-refractivity contribution >= 4 is 45.5 Å². The van der Waals surface area contributed by atoms with Gasteiger partial charge < -0.3 is 14.7 Å². The molecule has 3 aromatic rings. The fourth-order valence-corrected chi connectivity index (χ4v) is 3.33. The Bertz CT molecular complexity index is 1080. The molecular formula is C20H16Cl2N2O4. The molecule has 4 rings (SSSR count). The lowest BCUT2D eigenvalue weighted by atomic mass is 10.1. The van der Waals surface area contributed by atoms with Crippen LogP contribution < -0.4 is 9.47 Å². The molecule has 0 spiro atoms. The molecule has 0 amide bonds. The molecule has 1 heterocycles. The van der Waals surface area contributed by atoms with Crippen LogP contribution in [0.2, 0.25) is 10.3 Å². The van der Waals surface area contributed by atoms with Gasteiger partial charge >= 0.3 is 0 Å². The van der Waals surface area contributed by atoms with Crippen LogP contribution in [0.1, 0.15) is 15.9 Å². The van der Waals surface area contributed by atoms with E-state index in [1.54, 1.807) is 32.4 Å². The first-order chi connectivity index (χ1) is 13.5. The highest BCUT2D eigenvalue weighted by Crippen LogP contribution is 2.28. The van der Waals surface area contributed by atoms with Crippen molar-refractivity contribution in [3.8, 4) is 11.5 Å². The second-order valence-electron chi connectivity index (χ2n) is 5.90. The molecule has 6 nitrogen and oxygen atoms in total. The Labute approximate surface area is 171 Å². The Kier molecular flexibility index (Phi) is 6.02. The van der Waals surface area contributed by atoms with Crippen molar-refractivity contribution in [2.45, 2.75) is 6.42 Å². The van der Waals surface area contributed by atoms with Crippen LogP contribution in [0, 0.1) is 0 Å². The maximum Gasteiger partial charge on any atom is 0.211 e. The first kappa shape index (κ1) is 19.9. The lowest BCUT2D eigenvalue weighted by molar-refractivity contribution is 0.106. The minimum Gasteiger partial charge on any atom is -0.497 e. The summed E-state index contributed by atoms with van der Waals surface area (Å²) in [6.45, 7) is 0. The maximum absolute atomic E-state index is 11.5. The highest BCUT2D eigenvalue weighted by atomic mass is 35.5. The number of oxime groups is 1. The predicted octanol–water partition coefficient (Wildman–Crippen LogP) is 4.81. The quantitative estimate of drug-likeness (QED) is 0.366. The van der Waals surface area contributed by atoms with Gasteiger partial charge in [-0.05, 0) is 41.3 Å². The summed E-state index contributed by atoms with van der Waals surface area (Å²) in [5.74, 6) is 1.17. The minimum atomic E-state index is -0.221. The number of hydrogen-bond acceptors (Lipinski definition) is 6. The van der Waals surface area contributed by atoms with Crippen LogP contribution in [0.15, 0.2) is 47.6 Å². The summed E-state index contributed by atoms with van der Waals surface area (Å²) in [4.78, 5) is 15.5. The van der Waals surface area contributed by atoms with E-state index in [9.17, 15) is 4.79 Å². The van der Waals surface area contributed by atoms with Crippen molar-refractivity contribution in [2.75, 3.05) is 14.2 Å². The maximum atomic E-state index is 11.5. The molecule has 0 aliphatic heterocycles. The van der Waals surface area contributed by atoms with Crippen molar-refractivity contribution < 1.29 is 19.5 Å². The third-order valence-corrected chi connectivity index (χ3v) is 4.75. The molecule has 1 N–H and O–H groups in total. The van der Waals surface area contributed by atoms with E-state index < -0.39 is 0 Å². The van der Waals surface area contributed by atoms with Gasteiger partial charge in [0, 0.05) is 17.4 Å². The van der Waals surface area contributed by atoms with Crippen molar-refractivity contribution in [1.29, 1.82) is 0 Å². The van der Waals surface area contributed by atoms with E-state index in [1.165, 1.54) is 0 Å². The van der Waals surface area contributed by atoms with Gasteiger partial charge in [-0.25, -0.2) is 4.98 Å². The van der Waals surface area contributed by atoms with Gasteiger partial charge in [0.1, 0.15) is 27.5 Å². The fourth-order valence-electron chi connectivity index (χ4n) is 2.83. The molecule has 0 bridgehead atoms. The van der Waals surface area contributed by atoms with Crippen LogP contribution in [-0.2, 0) is 6.42 Å². The van der Waals surface area contributed by atoms with E-state index >= 15 is 0 Å². The Hall–Kier alpha value is -2.83. The lowest BCUT2D eigenvalue weighted by Gasteiger charge is -2.03. The first-order valence-electron chi connectivity index (χ1n) is 8.19. The highest BCUT2D eigenvalue weighted by Gasteiger charge is 2.27. The number of fused-ring (bicyclic) bond motifs is 2. The second kappa shape index (κ2) is 8.46. The molecule has 28 heavy (non-hydrogen) atoms. The van der Waals surface area contributed by atoms with Crippen molar-refractivity contribution in [3.05, 3.63) is 63.9 Å². The molecule has 1 aliphatic rings. The average molecular weight is 419 g/mol. The summed E-state index contributed by atoms with van der Waals surface area (Å²) in [5, 5.41) is 14.1. The average Bonchev–Trinajstić information content (AvgIpc) is 3.03. The molecule has 0 fully saturated rings. The van der Waals surface area contributed by atoms with E-state index in [0.717, 1.165) is 22.1 Å². The summed E-state index contributed by atoms with van der Waals surface area (Å²) in [7, 11) is 3.15. The summed E-state index contributed by atoms with van der Waals surface area (Å²) >= 11 is 11.7. The van der Waals surface area contributed by atoms with Gasteiger partial charge in [-0.1, -0.05) is 40.5 Å². The van der Waals surface area contributed by atoms with Crippen LogP contribution >= 0.6 is 23.2 Å². The number of nitrogens with zero attached hydrogens (tertiary/aromatic N) is 2. The Morgan fingerprint density at radius 1 is 1.04 bits per heavy atom. The summed E-state index contributed by atoms with van der Waals surface area (Å²) in [6, 6.07) is 12.6. The molecule has 0 saturated heterocycles. The number of halogens is 2. The standard InChI is InChI=1S/C10H7Cl2NO.C10H9NO3/c1-14-7-3-2-6-4-9(11)13-10(12)8(6)5-7;1-14-7-3-2-6-4-9(11-13)10(12)8(6)5-7/h2-5H,1H3;2-3,5,13H,4H2,1H3/b;11-9+. The first-order valence-corrected chi connectivity index (χ1v) is 8.94. The lowest BCUT2D eigenvalue weighted by Crippen LogP contribution is -2.06. The number of ketones is 1. The number of Topliss-reactive ketones (excluding diaryl/α,β-unsaturated/α-hetero) is 1. The molecule has 2 aromatic carbocycles. The molecule has 144 valence electrons. The highest BCUT2D eigenvalue weighted by molar-refractivity contribution is 6.49. The summed E-state index contributed by atoms with van der Waals surface area (Å²) in [5.41, 5.74) is 1.63. The predicted molar refractivity (Wildman–Crippen MR) is 109 cm³/mol. The van der Waals surface area contributed by atoms with E-state index in [4.69, 9.17) is 37.9 Å². The summed E-state index contributed by atoms with van der Waals surface area (Å²) in [6.07, 6.45) is 0.397. The van der Waals surface area contributed by atoms with Gasteiger partial charge in [-0.3, -0.25) is 4.79 Å². The van der Waals surface area contributed by atoms with Crippen LogP contribution in [0.3, 0.4) is 0 Å². The number of benzene rings is 2. The SMILES string of the molecule is COc1ccc2c(c1)C(=O)/C(=N/O)C2.COc1ccc2cc(Cl)nc(Cl)c2c1. The van der Waals surface area contributed by atoms with Crippen molar-refractivity contribution in [3.63, 3.8) is 0 Å². The zero-order valence-corrected chi connectivity index (χ0v) is 16.6. The zero-order valence-electron chi connectivity index (χ0n) is 15.1. The van der Waals surface area contributed by atoms with Gasteiger partial charge in [0.15, 0.2) is 0 Å². The van der Waals surface area contributed by atoms with E-state index in [-0.39, 0.29) is 11.5 Å². The van der Waals surface area contributed by atoms with Crippen LogP contribution in [0.4, 0.5) is 0 Å². The van der Waals surface area contributed by atoms with Gasteiger partial charge in [0.05, 0.1) is 14.2 Å². The van der Waals surface area contributed by atoms with Crippen molar-refractivity contribution in [1.82, 2.24) is 4.98 Å². The molecule has 8 heteroatoms. The van der Waals surface area contributed by atoms with Gasteiger partial charge in [-0.2, -0.15) is 0 Å². The number of methoxy groups -OCH3 is 2. The van der Waals surface area contributed by atoms with Crippen LogP contribution in [0.5, 0.6) is 11.5 Å². The second-order valence-corrected chi connectivity index (χ2v) is 6.64. The topological polar surface area (TPSA) is 81.0 Å². The molecule has 0 saturated carbocycles. The molecule has 1 aliphatic carbocycles. The zero-order chi connectivity index (χ0) is 20.3. The van der Waals surface area contributed by atoms with E-state index in [2.05, 4.69) is 10.1 Å². The van der Waals surface area contributed by atoms with Gasteiger partial charge in [0.2, 0.25) is 5.78 Å². The van der Waals surface area contributed by atoms with E-state index in [0.29, 0.717) is 28.0 Å². The third-order valence-electron chi connectivity index (χ3n) is 4.26. The molecule has 0 radical (unpaired) electrons. The number of pyridine rings is 1. The number of ether oxygens (including phenoxy) is 2. The Morgan fingerprint density at radius 2 is 1.71 bits per heavy atom. The van der Waals surface area contributed by atoms with Crippen LogP contribution in [0.25, 0.3) is 10.8 Å². The number of carbonyl (C=O) groups is 1. The van der Waals surface area contributed by atoms with Gasteiger partial charge in [0.25, 0.3) is 0 Å². The van der Waals surface area contributed by atoms with E-state index in [1.807, 2.05) is 24.3 Å².